The number of carbonyl (C=O) groups excluding carboxylic acids is 2. The fourth-order valence-corrected chi connectivity index (χ4v) is 5.53. The first-order chi connectivity index (χ1) is 19.9. The van der Waals surface area contributed by atoms with Crippen LogP contribution in [0, 0.1) is 5.41 Å². The monoisotopic (exact) mass is 557 g/mol. The van der Waals surface area contributed by atoms with Crippen LogP contribution < -0.4 is 16.0 Å². The van der Waals surface area contributed by atoms with Gasteiger partial charge in [-0.15, -0.1) is 0 Å². The van der Waals surface area contributed by atoms with E-state index in [0.29, 0.717) is 38.3 Å². The van der Waals surface area contributed by atoms with Gasteiger partial charge in [-0.3, -0.25) is 14.4 Å². The molecule has 0 bridgehead atoms. The molecule has 0 saturated heterocycles. The maximum absolute atomic E-state index is 13.3. The van der Waals surface area contributed by atoms with E-state index in [-0.39, 0.29) is 24.7 Å². The van der Waals surface area contributed by atoms with Gasteiger partial charge in [-0.1, -0.05) is 67.4 Å². The fraction of sp³-hybridized carbons (Fsp3) is 0.406. The van der Waals surface area contributed by atoms with Gasteiger partial charge in [-0.25, -0.2) is 9.97 Å². The van der Waals surface area contributed by atoms with Gasteiger partial charge >= 0.3 is 5.97 Å². The number of hydrogen-bond donors (Lipinski definition) is 4. The van der Waals surface area contributed by atoms with Crippen LogP contribution in [0.15, 0.2) is 73.1 Å². The van der Waals surface area contributed by atoms with Crippen LogP contribution in [-0.2, 0) is 20.8 Å². The van der Waals surface area contributed by atoms with E-state index in [1.54, 1.807) is 18.5 Å². The zero-order valence-electron chi connectivity index (χ0n) is 23.4. The van der Waals surface area contributed by atoms with Crippen LogP contribution in [-0.4, -0.2) is 52.0 Å². The molecule has 3 aromatic rings. The first-order valence-electron chi connectivity index (χ1n) is 14.4. The minimum atomic E-state index is -0.888. The third kappa shape index (κ3) is 9.41. The zero-order chi connectivity index (χ0) is 28.9. The van der Waals surface area contributed by atoms with Crippen LogP contribution in [0.1, 0.15) is 56.9 Å². The van der Waals surface area contributed by atoms with Crippen LogP contribution in [0.5, 0.6) is 0 Å². The van der Waals surface area contributed by atoms with Crippen molar-refractivity contribution in [1.82, 2.24) is 20.6 Å². The lowest BCUT2D eigenvalue weighted by Gasteiger charge is -2.27. The Hall–Kier alpha value is -4.27. The van der Waals surface area contributed by atoms with Crippen molar-refractivity contribution in [3.63, 3.8) is 0 Å². The SMILES string of the molecule is O=C(O)CC1(CC(=O)N[C@H](Cc2ccc(-c3ccccc3)cc2)C(=O)NCCCCNc2ncccn2)CCCC1. The highest BCUT2D eigenvalue weighted by atomic mass is 16.4. The number of carboxylic acid groups (broad SMARTS) is 1. The van der Waals surface area contributed by atoms with Crippen molar-refractivity contribution in [1.29, 1.82) is 0 Å². The summed E-state index contributed by atoms with van der Waals surface area (Å²) in [4.78, 5) is 46.2. The summed E-state index contributed by atoms with van der Waals surface area (Å²) in [5.41, 5.74) is 2.57. The quantitative estimate of drug-likeness (QED) is 0.201. The van der Waals surface area contributed by atoms with Crippen LogP contribution in [0.4, 0.5) is 5.95 Å². The number of carbonyl (C=O) groups is 3. The molecule has 1 aliphatic carbocycles. The van der Waals surface area contributed by atoms with Gasteiger partial charge < -0.3 is 21.1 Å². The van der Waals surface area contributed by atoms with Gasteiger partial charge in [0.2, 0.25) is 17.8 Å². The Kier molecular flexibility index (Phi) is 10.8. The molecule has 9 heteroatoms. The molecule has 0 aliphatic heterocycles. The summed E-state index contributed by atoms with van der Waals surface area (Å²) in [6.07, 6.45) is 8.61. The predicted octanol–water partition coefficient (Wildman–Crippen LogP) is 4.60. The molecule has 1 aliphatic rings. The normalized spacial score (nSPS) is 14.6. The van der Waals surface area contributed by atoms with Gasteiger partial charge in [0.25, 0.3) is 0 Å². The number of nitrogens with one attached hydrogen (secondary N) is 3. The van der Waals surface area contributed by atoms with Crippen LogP contribution in [0.3, 0.4) is 0 Å². The molecular weight excluding hydrogens is 518 g/mol. The molecule has 216 valence electrons. The largest absolute Gasteiger partial charge is 0.481 e. The van der Waals surface area contributed by atoms with Crippen LogP contribution in [0.25, 0.3) is 11.1 Å². The lowest BCUT2D eigenvalue weighted by atomic mass is 9.79. The van der Waals surface area contributed by atoms with E-state index < -0.39 is 17.4 Å². The highest BCUT2D eigenvalue weighted by molar-refractivity contribution is 5.88. The number of anilines is 1. The van der Waals surface area contributed by atoms with E-state index in [1.807, 2.05) is 54.6 Å². The van der Waals surface area contributed by atoms with Gasteiger partial charge in [0.1, 0.15) is 6.04 Å². The highest BCUT2D eigenvalue weighted by Crippen LogP contribution is 2.44. The van der Waals surface area contributed by atoms with Gasteiger partial charge in [-0.2, -0.15) is 0 Å². The number of carboxylic acids is 1. The third-order valence-electron chi connectivity index (χ3n) is 7.63. The number of aromatic nitrogens is 2. The molecule has 1 atom stereocenters. The van der Waals surface area contributed by atoms with E-state index in [9.17, 15) is 19.5 Å². The number of hydrogen-bond acceptors (Lipinski definition) is 6. The molecule has 2 amide bonds. The molecule has 2 aromatic carbocycles. The standard InChI is InChI=1S/C32H39N5O4/c38-28(22-32(23-29(39)40)15-4-5-16-32)37-27(21-24-11-13-26(14-12-24)25-9-2-1-3-10-25)30(41)33-17-6-7-18-34-31-35-19-8-20-36-31/h1-3,8-14,19-20,27H,4-7,15-18,21-23H2,(H,33,41)(H,37,38)(H,39,40)(H,34,35,36)/t27-/m1/s1. The Morgan fingerprint density at radius 1 is 0.829 bits per heavy atom. The minimum absolute atomic E-state index is 0.0275. The topological polar surface area (TPSA) is 133 Å². The van der Waals surface area contributed by atoms with Crippen molar-refractivity contribution in [3.8, 4) is 11.1 Å². The van der Waals surface area contributed by atoms with Crippen molar-refractivity contribution < 1.29 is 19.5 Å². The van der Waals surface area contributed by atoms with E-state index in [2.05, 4.69) is 25.9 Å². The molecule has 1 heterocycles. The average molecular weight is 558 g/mol. The lowest BCUT2D eigenvalue weighted by molar-refractivity contribution is -0.140. The molecule has 41 heavy (non-hydrogen) atoms. The second kappa shape index (κ2) is 14.9. The van der Waals surface area contributed by atoms with Crippen molar-refractivity contribution in [2.24, 2.45) is 5.41 Å². The van der Waals surface area contributed by atoms with Gasteiger partial charge in [0.05, 0.1) is 6.42 Å². The molecule has 1 fully saturated rings. The molecule has 0 radical (unpaired) electrons. The Bertz CT molecular complexity index is 1260. The number of unbranched alkanes of at least 4 members (excludes halogenated alkanes) is 1. The maximum Gasteiger partial charge on any atom is 0.303 e. The number of aliphatic carboxylic acids is 1. The zero-order valence-corrected chi connectivity index (χ0v) is 23.4. The second-order valence-corrected chi connectivity index (χ2v) is 10.8. The van der Waals surface area contributed by atoms with E-state index in [4.69, 9.17) is 0 Å². The Morgan fingerprint density at radius 3 is 2.17 bits per heavy atom. The fourth-order valence-electron chi connectivity index (χ4n) is 5.53. The molecular formula is C32H39N5O4. The lowest BCUT2D eigenvalue weighted by Crippen LogP contribution is -2.49. The highest BCUT2D eigenvalue weighted by Gasteiger charge is 2.38. The Balaban J connectivity index is 1.35. The molecule has 9 nitrogen and oxygen atoms in total. The molecule has 0 spiro atoms. The van der Waals surface area contributed by atoms with Gasteiger partial charge in [0.15, 0.2) is 0 Å². The van der Waals surface area contributed by atoms with E-state index in [1.165, 1.54) is 0 Å². The maximum atomic E-state index is 13.3. The molecule has 0 unspecified atom stereocenters. The molecule has 4 rings (SSSR count). The smallest absolute Gasteiger partial charge is 0.303 e. The van der Waals surface area contributed by atoms with E-state index >= 15 is 0 Å². The van der Waals surface area contributed by atoms with Gasteiger partial charge in [0, 0.05) is 38.3 Å². The van der Waals surface area contributed by atoms with Crippen LogP contribution >= 0.6 is 0 Å². The summed E-state index contributed by atoms with van der Waals surface area (Å²) in [6.45, 7) is 1.15. The summed E-state index contributed by atoms with van der Waals surface area (Å²) in [5.74, 6) is -0.842. The Morgan fingerprint density at radius 2 is 1.49 bits per heavy atom. The van der Waals surface area contributed by atoms with E-state index in [0.717, 1.165) is 42.4 Å². The molecule has 4 N–H and O–H groups in total. The summed E-state index contributed by atoms with van der Waals surface area (Å²) < 4.78 is 0. The number of benzene rings is 2. The molecule has 1 saturated carbocycles. The van der Waals surface area contributed by atoms with Crippen molar-refractivity contribution in [2.75, 3.05) is 18.4 Å². The summed E-state index contributed by atoms with van der Waals surface area (Å²) in [7, 11) is 0. The first-order valence-corrected chi connectivity index (χ1v) is 14.4. The predicted molar refractivity (Wildman–Crippen MR) is 158 cm³/mol. The summed E-state index contributed by atoms with van der Waals surface area (Å²) in [6, 6.07) is 19.0. The summed E-state index contributed by atoms with van der Waals surface area (Å²) in [5, 5.41) is 18.5. The van der Waals surface area contributed by atoms with Gasteiger partial charge in [-0.05, 0) is 53.9 Å². The summed E-state index contributed by atoms with van der Waals surface area (Å²) >= 11 is 0. The van der Waals surface area contributed by atoms with Crippen molar-refractivity contribution in [3.05, 3.63) is 78.6 Å². The number of amides is 2. The van der Waals surface area contributed by atoms with Crippen molar-refractivity contribution in [2.45, 2.75) is 63.8 Å². The third-order valence-corrected chi connectivity index (χ3v) is 7.63. The molecule has 1 aromatic heterocycles. The van der Waals surface area contributed by atoms with Crippen molar-refractivity contribution >= 4 is 23.7 Å². The average Bonchev–Trinajstić information content (AvgIpc) is 3.42. The minimum Gasteiger partial charge on any atom is -0.481 e. The van der Waals surface area contributed by atoms with Crippen LogP contribution in [0.2, 0.25) is 0 Å². The Labute approximate surface area is 241 Å². The number of nitrogens with zero attached hydrogens (tertiary/aromatic N) is 2. The first kappa shape index (κ1) is 29.7. The number of rotatable bonds is 15. The second-order valence-electron chi connectivity index (χ2n) is 10.8.